The summed E-state index contributed by atoms with van der Waals surface area (Å²) in [5, 5.41) is 7.57. The molecule has 0 atom stereocenters. The molecule has 0 spiro atoms. The smallest absolute Gasteiger partial charge is 0.225 e. The Labute approximate surface area is 159 Å². The van der Waals surface area contributed by atoms with Crippen molar-refractivity contribution in [1.82, 2.24) is 9.97 Å². The molecule has 0 aliphatic carbocycles. The lowest BCUT2D eigenvalue weighted by Gasteiger charge is -2.12. The first-order valence-electron chi connectivity index (χ1n) is 8.81. The molecule has 1 aromatic heterocycles. The van der Waals surface area contributed by atoms with E-state index in [2.05, 4.69) is 27.2 Å². The van der Waals surface area contributed by atoms with Gasteiger partial charge in [-0.15, -0.1) is 6.58 Å². The first-order chi connectivity index (χ1) is 13.2. The molecular weight excluding hydrogens is 340 g/mol. The monoisotopic (exact) mass is 364 g/mol. The average Bonchev–Trinajstić information content (AvgIpc) is 2.71. The molecule has 2 N–H and O–H groups in total. The summed E-state index contributed by atoms with van der Waals surface area (Å²) in [7, 11) is 3.27. The summed E-state index contributed by atoms with van der Waals surface area (Å²) in [5.74, 6) is 2.85. The zero-order chi connectivity index (χ0) is 19.1. The van der Waals surface area contributed by atoms with Crippen LogP contribution in [0.3, 0.4) is 0 Å². The minimum atomic E-state index is 0.598. The number of nitrogens with zero attached hydrogens (tertiary/aromatic N) is 2. The predicted octanol–water partition coefficient (Wildman–Crippen LogP) is 3.90. The van der Waals surface area contributed by atoms with E-state index in [-0.39, 0.29) is 0 Å². The maximum Gasteiger partial charge on any atom is 0.225 e. The van der Waals surface area contributed by atoms with Crippen LogP contribution < -0.4 is 20.1 Å². The minimum Gasteiger partial charge on any atom is -0.493 e. The van der Waals surface area contributed by atoms with Crippen LogP contribution in [0, 0.1) is 0 Å². The SMILES string of the molecule is C=CCNc1nc(NCCc2ccc(OC)c(OC)c2)nc2ccccc12. The molecule has 2 aromatic carbocycles. The molecule has 3 aromatic rings. The highest BCUT2D eigenvalue weighted by Crippen LogP contribution is 2.27. The quantitative estimate of drug-likeness (QED) is 0.561. The number of rotatable bonds is 9. The summed E-state index contributed by atoms with van der Waals surface area (Å²) in [6, 6.07) is 13.9. The molecule has 6 heteroatoms. The molecule has 140 valence electrons. The van der Waals surface area contributed by atoms with Crippen LogP contribution in [0.4, 0.5) is 11.8 Å². The standard InChI is InChI=1S/C21H24N4O2/c1-4-12-22-20-16-7-5-6-8-17(16)24-21(25-20)23-13-11-15-9-10-18(26-2)19(14-15)27-3/h4-10,14H,1,11-13H2,2-3H3,(H2,22,23,24,25). The van der Waals surface area contributed by atoms with Crippen molar-refractivity contribution in [2.75, 3.05) is 37.9 Å². The number of para-hydroxylation sites is 1. The Morgan fingerprint density at radius 3 is 2.59 bits per heavy atom. The highest BCUT2D eigenvalue weighted by molar-refractivity contribution is 5.90. The number of nitrogens with one attached hydrogen (secondary N) is 2. The zero-order valence-electron chi connectivity index (χ0n) is 15.7. The predicted molar refractivity (Wildman–Crippen MR) is 110 cm³/mol. The van der Waals surface area contributed by atoms with Crippen LogP contribution in [0.1, 0.15) is 5.56 Å². The van der Waals surface area contributed by atoms with Gasteiger partial charge in [-0.25, -0.2) is 4.98 Å². The normalized spacial score (nSPS) is 10.4. The summed E-state index contributed by atoms with van der Waals surface area (Å²) in [6.07, 6.45) is 2.62. The van der Waals surface area contributed by atoms with Crippen molar-refractivity contribution in [2.24, 2.45) is 0 Å². The summed E-state index contributed by atoms with van der Waals surface area (Å²) < 4.78 is 10.6. The van der Waals surface area contributed by atoms with Crippen molar-refractivity contribution in [3.63, 3.8) is 0 Å². The molecule has 0 fully saturated rings. The lowest BCUT2D eigenvalue weighted by Crippen LogP contribution is -2.10. The van der Waals surface area contributed by atoms with E-state index in [0.717, 1.165) is 40.2 Å². The first kappa shape index (κ1) is 18.5. The molecule has 0 amide bonds. The van der Waals surface area contributed by atoms with Gasteiger partial charge in [0.15, 0.2) is 11.5 Å². The van der Waals surface area contributed by atoms with Crippen molar-refractivity contribution < 1.29 is 9.47 Å². The Morgan fingerprint density at radius 2 is 1.81 bits per heavy atom. The van der Waals surface area contributed by atoms with Gasteiger partial charge in [-0.3, -0.25) is 0 Å². The van der Waals surface area contributed by atoms with Gasteiger partial charge in [0.2, 0.25) is 5.95 Å². The van der Waals surface area contributed by atoms with E-state index in [1.807, 2.05) is 42.5 Å². The van der Waals surface area contributed by atoms with Gasteiger partial charge in [-0.2, -0.15) is 4.98 Å². The molecule has 27 heavy (non-hydrogen) atoms. The van der Waals surface area contributed by atoms with E-state index in [9.17, 15) is 0 Å². The van der Waals surface area contributed by atoms with Crippen LogP contribution in [-0.4, -0.2) is 37.3 Å². The average molecular weight is 364 g/mol. The van der Waals surface area contributed by atoms with Gasteiger partial charge in [0.25, 0.3) is 0 Å². The van der Waals surface area contributed by atoms with Crippen LogP contribution in [0.5, 0.6) is 11.5 Å². The van der Waals surface area contributed by atoms with Crippen molar-refractivity contribution >= 4 is 22.7 Å². The summed E-state index contributed by atoms with van der Waals surface area (Å²) >= 11 is 0. The third-order valence-electron chi connectivity index (χ3n) is 4.16. The lowest BCUT2D eigenvalue weighted by molar-refractivity contribution is 0.354. The molecule has 6 nitrogen and oxygen atoms in total. The molecule has 0 bridgehead atoms. The summed E-state index contributed by atoms with van der Waals surface area (Å²) in [5.41, 5.74) is 2.04. The van der Waals surface area contributed by atoms with Gasteiger partial charge < -0.3 is 20.1 Å². The van der Waals surface area contributed by atoms with Crippen LogP contribution in [0.25, 0.3) is 10.9 Å². The number of methoxy groups -OCH3 is 2. The van der Waals surface area contributed by atoms with Crippen molar-refractivity contribution in [1.29, 1.82) is 0 Å². The van der Waals surface area contributed by atoms with E-state index >= 15 is 0 Å². The zero-order valence-corrected chi connectivity index (χ0v) is 15.7. The van der Waals surface area contributed by atoms with E-state index in [0.29, 0.717) is 19.0 Å². The van der Waals surface area contributed by atoms with Crippen LogP contribution in [0.2, 0.25) is 0 Å². The van der Waals surface area contributed by atoms with Crippen LogP contribution >= 0.6 is 0 Å². The second-order valence-electron chi connectivity index (χ2n) is 5.95. The maximum absolute atomic E-state index is 5.36. The highest BCUT2D eigenvalue weighted by atomic mass is 16.5. The van der Waals surface area contributed by atoms with Crippen molar-refractivity contribution in [3.05, 3.63) is 60.7 Å². The molecule has 0 saturated carbocycles. The number of anilines is 2. The Morgan fingerprint density at radius 1 is 1.00 bits per heavy atom. The molecule has 0 saturated heterocycles. The molecule has 0 radical (unpaired) electrons. The van der Waals surface area contributed by atoms with Crippen molar-refractivity contribution in [3.8, 4) is 11.5 Å². The number of hydrogen-bond donors (Lipinski definition) is 2. The second-order valence-corrected chi connectivity index (χ2v) is 5.95. The highest BCUT2D eigenvalue weighted by Gasteiger charge is 2.08. The lowest BCUT2D eigenvalue weighted by atomic mass is 10.1. The molecule has 0 unspecified atom stereocenters. The Hall–Kier alpha value is -3.28. The van der Waals surface area contributed by atoms with E-state index in [1.165, 1.54) is 0 Å². The minimum absolute atomic E-state index is 0.598. The van der Waals surface area contributed by atoms with Gasteiger partial charge in [0.1, 0.15) is 5.82 Å². The fourth-order valence-corrected chi connectivity index (χ4v) is 2.81. The first-order valence-corrected chi connectivity index (χ1v) is 8.81. The van der Waals surface area contributed by atoms with Gasteiger partial charge in [-0.1, -0.05) is 24.3 Å². The number of fused-ring (bicyclic) bond motifs is 1. The summed E-state index contributed by atoms with van der Waals surface area (Å²) in [6.45, 7) is 5.10. The Kier molecular flexibility index (Phi) is 6.10. The maximum atomic E-state index is 5.36. The van der Waals surface area contributed by atoms with Gasteiger partial charge in [-0.05, 0) is 36.2 Å². The van der Waals surface area contributed by atoms with E-state index in [4.69, 9.17) is 9.47 Å². The van der Waals surface area contributed by atoms with E-state index < -0.39 is 0 Å². The van der Waals surface area contributed by atoms with Crippen LogP contribution in [-0.2, 0) is 6.42 Å². The van der Waals surface area contributed by atoms with E-state index in [1.54, 1.807) is 20.3 Å². The number of benzene rings is 2. The largest absolute Gasteiger partial charge is 0.493 e. The van der Waals surface area contributed by atoms with Gasteiger partial charge >= 0.3 is 0 Å². The topological polar surface area (TPSA) is 68.3 Å². The fourth-order valence-electron chi connectivity index (χ4n) is 2.81. The third-order valence-corrected chi connectivity index (χ3v) is 4.16. The van der Waals surface area contributed by atoms with Crippen molar-refractivity contribution in [2.45, 2.75) is 6.42 Å². The Bertz CT molecular complexity index is 927. The van der Waals surface area contributed by atoms with Gasteiger partial charge in [0.05, 0.1) is 19.7 Å². The molecule has 0 aliphatic heterocycles. The Balaban J connectivity index is 1.72. The molecule has 0 aliphatic rings. The molecule has 1 heterocycles. The van der Waals surface area contributed by atoms with Crippen LogP contribution in [0.15, 0.2) is 55.1 Å². The third kappa shape index (κ3) is 4.47. The number of aromatic nitrogens is 2. The molecular formula is C21H24N4O2. The fraction of sp³-hybridized carbons (Fsp3) is 0.238. The second kappa shape index (κ2) is 8.89. The van der Waals surface area contributed by atoms with Gasteiger partial charge in [0, 0.05) is 18.5 Å². The summed E-state index contributed by atoms with van der Waals surface area (Å²) in [4.78, 5) is 9.21. The molecule has 3 rings (SSSR count). The number of hydrogen-bond acceptors (Lipinski definition) is 6. The number of ether oxygens (including phenoxy) is 2.